The summed E-state index contributed by atoms with van der Waals surface area (Å²) in [4.78, 5) is 12.3. The molecule has 0 saturated carbocycles. The molecule has 2 aromatic heterocycles. The Morgan fingerprint density at radius 3 is 3.20 bits per heavy atom. The highest BCUT2D eigenvalue weighted by atomic mass is 32.1. The summed E-state index contributed by atoms with van der Waals surface area (Å²) in [5, 5.41) is 11.9. The third kappa shape index (κ3) is 2.25. The molecule has 76 valence electrons. The highest BCUT2D eigenvalue weighted by Crippen LogP contribution is 2.04. The monoisotopic (exact) mass is 238 g/mol. The van der Waals surface area contributed by atoms with Crippen molar-refractivity contribution in [1.82, 2.24) is 14.9 Å². The van der Waals surface area contributed by atoms with E-state index in [1.54, 1.807) is 6.21 Å². The summed E-state index contributed by atoms with van der Waals surface area (Å²) in [7, 11) is 0. The maximum atomic E-state index is 11.3. The number of nitrogens with one attached hydrogen (secondary N) is 1. The van der Waals surface area contributed by atoms with E-state index in [2.05, 4.69) is 15.3 Å². The van der Waals surface area contributed by atoms with Crippen molar-refractivity contribution in [1.29, 1.82) is 0 Å². The summed E-state index contributed by atoms with van der Waals surface area (Å²) in [6.45, 7) is 0. The van der Waals surface area contributed by atoms with Crippen molar-refractivity contribution in [3.8, 4) is 0 Å². The van der Waals surface area contributed by atoms with E-state index in [0.29, 0.717) is 0 Å². The van der Waals surface area contributed by atoms with E-state index in [1.807, 2.05) is 17.5 Å². The fourth-order valence-corrected chi connectivity index (χ4v) is 1.70. The molecule has 7 heteroatoms. The molecule has 5 nitrogen and oxygen atoms in total. The van der Waals surface area contributed by atoms with Crippen molar-refractivity contribution in [2.75, 3.05) is 0 Å². The molecule has 0 bridgehead atoms. The third-order valence-corrected chi connectivity index (χ3v) is 2.65. The van der Waals surface area contributed by atoms with Crippen LogP contribution in [0, 0.1) is 4.77 Å². The summed E-state index contributed by atoms with van der Waals surface area (Å²) in [6, 6.07) is 3.80. The molecule has 2 heterocycles. The lowest BCUT2D eigenvalue weighted by atomic mass is 10.5. The van der Waals surface area contributed by atoms with Gasteiger partial charge in [-0.05, 0) is 23.7 Å². The van der Waals surface area contributed by atoms with Crippen molar-refractivity contribution in [3.05, 3.63) is 43.7 Å². The van der Waals surface area contributed by atoms with Crippen LogP contribution in [-0.4, -0.2) is 21.1 Å². The normalized spacial score (nSPS) is 10.9. The zero-order chi connectivity index (χ0) is 10.7. The highest BCUT2D eigenvalue weighted by molar-refractivity contribution is 7.71. The fraction of sp³-hybridized carbons (Fsp3) is 0. The number of H-pyrrole nitrogens is 1. The van der Waals surface area contributed by atoms with Crippen molar-refractivity contribution in [2.45, 2.75) is 0 Å². The molecular weight excluding hydrogens is 232 g/mol. The summed E-state index contributed by atoms with van der Waals surface area (Å²) in [6.07, 6.45) is 2.71. The second-order valence-corrected chi connectivity index (χ2v) is 3.95. The van der Waals surface area contributed by atoms with Crippen LogP contribution in [0.3, 0.4) is 0 Å². The molecule has 0 amide bonds. The van der Waals surface area contributed by atoms with Crippen LogP contribution in [0.4, 0.5) is 0 Å². The molecule has 0 aliphatic heterocycles. The van der Waals surface area contributed by atoms with Crippen LogP contribution < -0.4 is 5.56 Å². The van der Waals surface area contributed by atoms with Gasteiger partial charge in [0.2, 0.25) is 4.77 Å². The van der Waals surface area contributed by atoms with Crippen LogP contribution >= 0.6 is 23.6 Å². The molecule has 0 aliphatic rings. The second kappa shape index (κ2) is 4.28. The number of aromatic nitrogens is 3. The Kier molecular flexibility index (Phi) is 2.84. The molecule has 0 unspecified atom stereocenters. The van der Waals surface area contributed by atoms with E-state index >= 15 is 0 Å². The lowest BCUT2D eigenvalue weighted by molar-refractivity contribution is 0.738. The van der Waals surface area contributed by atoms with Gasteiger partial charge in [0.15, 0.2) is 0 Å². The minimum Gasteiger partial charge on any atom is -0.265 e. The van der Waals surface area contributed by atoms with E-state index in [0.717, 1.165) is 15.8 Å². The average molecular weight is 238 g/mol. The van der Waals surface area contributed by atoms with E-state index in [4.69, 9.17) is 12.2 Å². The molecular formula is C8H6N4OS2. The largest absolute Gasteiger partial charge is 0.293 e. The van der Waals surface area contributed by atoms with Gasteiger partial charge in [-0.25, -0.2) is 0 Å². The van der Waals surface area contributed by atoms with Gasteiger partial charge in [-0.15, -0.1) is 11.3 Å². The first-order valence-corrected chi connectivity index (χ1v) is 5.31. The quantitative estimate of drug-likeness (QED) is 0.632. The maximum absolute atomic E-state index is 11.3. The maximum Gasteiger partial charge on any atom is 0.293 e. The SMILES string of the molecule is O=c1cn[nH]c(=S)n1/N=C/c1cccs1. The van der Waals surface area contributed by atoms with Gasteiger partial charge < -0.3 is 0 Å². The highest BCUT2D eigenvalue weighted by Gasteiger charge is 1.94. The molecule has 0 saturated heterocycles. The molecule has 15 heavy (non-hydrogen) atoms. The Labute approximate surface area is 93.7 Å². The first kappa shape index (κ1) is 9.94. The predicted molar refractivity (Wildman–Crippen MR) is 61.0 cm³/mol. The Bertz CT molecular complexity index is 553. The molecule has 0 atom stereocenters. The van der Waals surface area contributed by atoms with Crippen LogP contribution in [0.25, 0.3) is 0 Å². The third-order valence-electron chi connectivity index (χ3n) is 1.58. The van der Waals surface area contributed by atoms with Crippen LogP contribution in [0.15, 0.2) is 33.6 Å². The smallest absolute Gasteiger partial charge is 0.265 e. The minimum atomic E-state index is -0.355. The minimum absolute atomic E-state index is 0.176. The van der Waals surface area contributed by atoms with Gasteiger partial charge in [0.05, 0.1) is 6.21 Å². The number of nitrogens with zero attached hydrogens (tertiary/aromatic N) is 3. The number of hydrogen-bond acceptors (Lipinski definition) is 5. The topological polar surface area (TPSA) is 63.0 Å². The van der Waals surface area contributed by atoms with Crippen molar-refractivity contribution < 1.29 is 0 Å². The number of aromatic amines is 1. The molecule has 2 rings (SSSR count). The predicted octanol–water partition coefficient (Wildman–Crippen LogP) is 1.24. The van der Waals surface area contributed by atoms with Crippen LogP contribution in [0.1, 0.15) is 4.88 Å². The van der Waals surface area contributed by atoms with Crippen LogP contribution in [0.5, 0.6) is 0 Å². The lowest BCUT2D eigenvalue weighted by Gasteiger charge is -1.94. The van der Waals surface area contributed by atoms with Gasteiger partial charge in [-0.1, -0.05) is 6.07 Å². The molecule has 0 aliphatic carbocycles. The molecule has 1 N–H and O–H groups in total. The summed E-state index contributed by atoms with van der Waals surface area (Å²) < 4.78 is 1.26. The van der Waals surface area contributed by atoms with Gasteiger partial charge in [0, 0.05) is 4.88 Å². The van der Waals surface area contributed by atoms with Gasteiger partial charge in [0.25, 0.3) is 5.56 Å². The van der Waals surface area contributed by atoms with Gasteiger partial charge in [0.1, 0.15) is 6.20 Å². The van der Waals surface area contributed by atoms with E-state index in [9.17, 15) is 4.79 Å². The Morgan fingerprint density at radius 2 is 2.53 bits per heavy atom. The Balaban J connectivity index is 2.41. The van der Waals surface area contributed by atoms with Gasteiger partial charge in [-0.3, -0.25) is 9.89 Å². The van der Waals surface area contributed by atoms with Crippen LogP contribution in [-0.2, 0) is 0 Å². The second-order valence-electron chi connectivity index (χ2n) is 2.59. The number of rotatable bonds is 2. The molecule has 0 radical (unpaired) electrons. The first-order chi connectivity index (χ1) is 7.27. The fourth-order valence-electron chi connectivity index (χ4n) is 0.934. The Hall–Kier alpha value is -1.60. The van der Waals surface area contributed by atoms with Crippen molar-refractivity contribution in [3.63, 3.8) is 0 Å². The molecule has 0 fully saturated rings. The number of hydrogen-bond donors (Lipinski definition) is 1. The van der Waals surface area contributed by atoms with Crippen molar-refractivity contribution in [2.24, 2.45) is 5.10 Å². The van der Waals surface area contributed by atoms with Crippen LogP contribution in [0.2, 0.25) is 0 Å². The summed E-state index contributed by atoms with van der Waals surface area (Å²) in [5.74, 6) is 0. The molecule has 0 aromatic carbocycles. The summed E-state index contributed by atoms with van der Waals surface area (Å²) >= 11 is 6.40. The van der Waals surface area contributed by atoms with Gasteiger partial charge >= 0.3 is 0 Å². The summed E-state index contributed by atoms with van der Waals surface area (Å²) in [5.41, 5.74) is -0.355. The zero-order valence-corrected chi connectivity index (χ0v) is 9.09. The van der Waals surface area contributed by atoms with Gasteiger partial charge in [-0.2, -0.15) is 14.9 Å². The zero-order valence-electron chi connectivity index (χ0n) is 7.45. The standard InChI is InChI=1S/C8H6N4OS2/c13-7-5-9-11-8(14)12(7)10-4-6-2-1-3-15-6/h1-5H,(H,11,14)/b10-4+. The Morgan fingerprint density at radius 1 is 1.67 bits per heavy atom. The first-order valence-electron chi connectivity index (χ1n) is 4.02. The molecule has 2 aromatic rings. The lowest BCUT2D eigenvalue weighted by Crippen LogP contribution is -2.18. The van der Waals surface area contributed by atoms with E-state index in [1.165, 1.54) is 11.3 Å². The van der Waals surface area contributed by atoms with E-state index < -0.39 is 0 Å². The molecule has 0 spiro atoms. The van der Waals surface area contributed by atoms with E-state index in [-0.39, 0.29) is 10.3 Å². The van der Waals surface area contributed by atoms with Crippen molar-refractivity contribution >= 4 is 29.8 Å². The average Bonchev–Trinajstić information content (AvgIpc) is 2.70. The number of thiophene rings is 1.